The highest BCUT2D eigenvalue weighted by molar-refractivity contribution is 6.30. The van der Waals surface area contributed by atoms with Crippen LogP contribution in [-0.2, 0) is 4.79 Å². The summed E-state index contributed by atoms with van der Waals surface area (Å²) >= 11 is 5.85. The van der Waals surface area contributed by atoms with Gasteiger partial charge in [-0.05, 0) is 54.3 Å². The van der Waals surface area contributed by atoms with Gasteiger partial charge in [-0.1, -0.05) is 17.7 Å². The Balaban J connectivity index is 1.43. The Morgan fingerprint density at radius 1 is 1.04 bits per heavy atom. The molecule has 0 radical (unpaired) electrons. The molecule has 2 aliphatic rings. The molecule has 0 spiro atoms. The van der Waals surface area contributed by atoms with Crippen LogP contribution in [-0.4, -0.2) is 19.1 Å². The Labute approximate surface area is 139 Å². The molecule has 1 amide bonds. The Morgan fingerprint density at radius 2 is 1.78 bits per heavy atom. The lowest BCUT2D eigenvalue weighted by molar-refractivity contribution is -0.117. The summed E-state index contributed by atoms with van der Waals surface area (Å²) in [6.07, 6.45) is 0.860. The highest BCUT2D eigenvalue weighted by Gasteiger charge is 2.44. The van der Waals surface area contributed by atoms with Crippen LogP contribution in [0.15, 0.2) is 42.5 Å². The number of hydrogen-bond donors (Lipinski definition) is 1. The lowest BCUT2D eigenvalue weighted by atomic mass is 10.1. The fourth-order valence-corrected chi connectivity index (χ4v) is 3.04. The van der Waals surface area contributed by atoms with Gasteiger partial charge in [-0.2, -0.15) is 0 Å². The number of carbonyl (C=O) groups excluding carboxylic acids is 1. The second-order valence-corrected chi connectivity index (χ2v) is 6.28. The molecule has 5 heteroatoms. The molecule has 1 heterocycles. The molecule has 1 aliphatic heterocycles. The fourth-order valence-electron chi connectivity index (χ4n) is 2.91. The topological polar surface area (TPSA) is 47.6 Å². The first-order valence-electron chi connectivity index (χ1n) is 7.67. The summed E-state index contributed by atoms with van der Waals surface area (Å²) in [5.41, 5.74) is 1.90. The molecule has 0 saturated heterocycles. The number of nitrogens with one attached hydrogen (secondary N) is 1. The van der Waals surface area contributed by atoms with Crippen molar-refractivity contribution < 1.29 is 14.3 Å². The highest BCUT2D eigenvalue weighted by Crippen LogP contribution is 2.49. The highest BCUT2D eigenvalue weighted by atomic mass is 35.5. The Morgan fingerprint density at radius 3 is 2.57 bits per heavy atom. The molecular weight excluding hydrogens is 314 g/mol. The van der Waals surface area contributed by atoms with Gasteiger partial charge in [-0.3, -0.25) is 4.79 Å². The third-order valence-corrected chi connectivity index (χ3v) is 4.49. The molecule has 1 N–H and O–H groups in total. The van der Waals surface area contributed by atoms with Crippen LogP contribution >= 0.6 is 11.6 Å². The van der Waals surface area contributed by atoms with Crippen LogP contribution in [0.2, 0.25) is 5.02 Å². The molecule has 2 aromatic rings. The number of benzene rings is 2. The van der Waals surface area contributed by atoms with Crippen molar-refractivity contribution in [3.63, 3.8) is 0 Å². The van der Waals surface area contributed by atoms with Crippen LogP contribution in [0.25, 0.3) is 0 Å². The third kappa shape index (κ3) is 2.99. The molecule has 0 bridgehead atoms. The number of anilines is 1. The van der Waals surface area contributed by atoms with Gasteiger partial charge in [0.15, 0.2) is 11.5 Å². The first-order chi connectivity index (χ1) is 11.2. The van der Waals surface area contributed by atoms with Crippen LogP contribution in [0, 0.1) is 5.92 Å². The van der Waals surface area contributed by atoms with E-state index in [1.807, 2.05) is 30.3 Å². The van der Waals surface area contributed by atoms with E-state index in [1.165, 1.54) is 0 Å². The number of hydrogen-bond acceptors (Lipinski definition) is 3. The molecule has 1 saturated carbocycles. The molecule has 0 aromatic heterocycles. The van der Waals surface area contributed by atoms with E-state index in [4.69, 9.17) is 21.1 Å². The number of carbonyl (C=O) groups is 1. The van der Waals surface area contributed by atoms with E-state index >= 15 is 0 Å². The largest absolute Gasteiger partial charge is 0.486 e. The second-order valence-electron chi connectivity index (χ2n) is 5.85. The van der Waals surface area contributed by atoms with Gasteiger partial charge in [-0.15, -0.1) is 0 Å². The molecule has 23 heavy (non-hydrogen) atoms. The predicted molar refractivity (Wildman–Crippen MR) is 88.4 cm³/mol. The molecule has 2 unspecified atom stereocenters. The average molecular weight is 330 g/mol. The zero-order valence-corrected chi connectivity index (χ0v) is 13.2. The molecule has 1 aliphatic carbocycles. The molecule has 1 fully saturated rings. The summed E-state index contributed by atoms with van der Waals surface area (Å²) in [6.45, 7) is 1.16. The normalized spacial score (nSPS) is 21.6. The van der Waals surface area contributed by atoms with Crippen molar-refractivity contribution in [3.8, 4) is 11.5 Å². The van der Waals surface area contributed by atoms with Crippen LogP contribution in [0.3, 0.4) is 0 Å². The molecule has 4 rings (SSSR count). The summed E-state index contributed by atoms with van der Waals surface area (Å²) in [6, 6.07) is 13.1. The van der Waals surface area contributed by atoms with E-state index in [2.05, 4.69) is 5.32 Å². The fraction of sp³-hybridized carbons (Fsp3) is 0.278. The zero-order valence-electron chi connectivity index (χ0n) is 12.4. The number of fused-ring (bicyclic) bond motifs is 1. The molecule has 4 nitrogen and oxygen atoms in total. The SMILES string of the molecule is O=C(Nc1ccc(Cl)cc1)C1CC1c1ccc2c(c1)OCCO2. The zero-order chi connectivity index (χ0) is 15.8. The minimum atomic E-state index is 0.00763. The van der Waals surface area contributed by atoms with E-state index in [1.54, 1.807) is 12.1 Å². The first kappa shape index (κ1) is 14.4. The van der Waals surface area contributed by atoms with Crippen molar-refractivity contribution in [1.82, 2.24) is 0 Å². The smallest absolute Gasteiger partial charge is 0.228 e. The van der Waals surface area contributed by atoms with E-state index in [0.29, 0.717) is 18.2 Å². The maximum absolute atomic E-state index is 12.3. The monoisotopic (exact) mass is 329 g/mol. The summed E-state index contributed by atoms with van der Waals surface area (Å²) in [4.78, 5) is 12.3. The van der Waals surface area contributed by atoms with Crippen molar-refractivity contribution in [2.24, 2.45) is 5.92 Å². The van der Waals surface area contributed by atoms with Gasteiger partial charge >= 0.3 is 0 Å². The van der Waals surface area contributed by atoms with Crippen LogP contribution < -0.4 is 14.8 Å². The Bertz CT molecular complexity index is 744. The maximum atomic E-state index is 12.3. The Kier molecular flexibility index (Phi) is 3.62. The Hall–Kier alpha value is -2.20. The molecule has 2 aromatic carbocycles. The molecule has 2 atom stereocenters. The second kappa shape index (κ2) is 5.78. The van der Waals surface area contributed by atoms with Crippen LogP contribution in [0.1, 0.15) is 17.9 Å². The molecule has 118 valence electrons. The van der Waals surface area contributed by atoms with Gasteiger partial charge in [0.05, 0.1) is 0 Å². The number of ether oxygens (including phenoxy) is 2. The van der Waals surface area contributed by atoms with Gasteiger partial charge in [-0.25, -0.2) is 0 Å². The van der Waals surface area contributed by atoms with Gasteiger partial charge in [0.2, 0.25) is 5.91 Å². The van der Waals surface area contributed by atoms with Crippen LogP contribution in [0.4, 0.5) is 5.69 Å². The number of amides is 1. The minimum Gasteiger partial charge on any atom is -0.486 e. The van der Waals surface area contributed by atoms with E-state index < -0.39 is 0 Å². The van der Waals surface area contributed by atoms with Gasteiger partial charge in [0, 0.05) is 16.6 Å². The lowest BCUT2D eigenvalue weighted by Crippen LogP contribution is -2.16. The standard InChI is InChI=1S/C18H16ClNO3/c19-12-2-4-13(5-3-12)20-18(21)15-10-14(15)11-1-6-16-17(9-11)23-8-7-22-16/h1-6,9,14-15H,7-8,10H2,(H,20,21). The first-order valence-corrected chi connectivity index (χ1v) is 8.04. The van der Waals surface area contributed by atoms with Crippen molar-refractivity contribution in [2.45, 2.75) is 12.3 Å². The number of rotatable bonds is 3. The van der Waals surface area contributed by atoms with E-state index in [0.717, 1.165) is 29.2 Å². The van der Waals surface area contributed by atoms with Crippen molar-refractivity contribution in [3.05, 3.63) is 53.1 Å². The lowest BCUT2D eigenvalue weighted by Gasteiger charge is -2.18. The van der Waals surface area contributed by atoms with Gasteiger partial charge < -0.3 is 14.8 Å². The summed E-state index contributed by atoms with van der Waals surface area (Å²) in [5.74, 6) is 1.86. The predicted octanol–water partition coefficient (Wildman–Crippen LogP) is 3.85. The van der Waals surface area contributed by atoms with E-state index in [9.17, 15) is 4.79 Å². The minimum absolute atomic E-state index is 0.00763. The van der Waals surface area contributed by atoms with Crippen molar-refractivity contribution >= 4 is 23.2 Å². The maximum Gasteiger partial charge on any atom is 0.228 e. The van der Waals surface area contributed by atoms with Crippen molar-refractivity contribution in [1.29, 1.82) is 0 Å². The summed E-state index contributed by atoms with van der Waals surface area (Å²) in [7, 11) is 0. The summed E-state index contributed by atoms with van der Waals surface area (Å²) < 4.78 is 11.1. The quantitative estimate of drug-likeness (QED) is 0.930. The number of halogens is 1. The molecular formula is C18H16ClNO3. The average Bonchev–Trinajstić information content (AvgIpc) is 3.37. The van der Waals surface area contributed by atoms with Crippen LogP contribution in [0.5, 0.6) is 11.5 Å². The van der Waals surface area contributed by atoms with Gasteiger partial charge in [0.1, 0.15) is 13.2 Å². The third-order valence-electron chi connectivity index (χ3n) is 4.23. The van der Waals surface area contributed by atoms with Crippen molar-refractivity contribution in [2.75, 3.05) is 18.5 Å². The summed E-state index contributed by atoms with van der Waals surface area (Å²) in [5, 5.41) is 3.60. The van der Waals surface area contributed by atoms with Gasteiger partial charge in [0.25, 0.3) is 0 Å². The van der Waals surface area contributed by atoms with E-state index in [-0.39, 0.29) is 17.7 Å².